The van der Waals surface area contributed by atoms with E-state index in [0.29, 0.717) is 5.56 Å². The van der Waals surface area contributed by atoms with E-state index >= 15 is 0 Å². The molecule has 1 N–H and O–H groups in total. The average molecular weight is 329 g/mol. The van der Waals surface area contributed by atoms with Gasteiger partial charge in [0.05, 0.1) is 10.5 Å². The molecule has 1 aliphatic heterocycles. The molecule has 0 aliphatic carbocycles. The number of hydrogen-bond donors (Lipinski definition) is 1. The minimum atomic E-state index is -1.35. The first-order chi connectivity index (χ1) is 11.4. The highest BCUT2D eigenvalue weighted by atomic mass is 16.8. The Hall–Kier alpha value is -2.77. The molecular formula is C17H15NO6. The Morgan fingerprint density at radius 2 is 1.75 bits per heavy atom. The van der Waals surface area contributed by atoms with E-state index in [0.717, 1.165) is 0 Å². The van der Waals surface area contributed by atoms with Crippen LogP contribution in [0, 0.1) is 10.1 Å². The predicted octanol–water partition coefficient (Wildman–Crippen LogP) is 3.01. The number of nitro benzene ring substituents is 1. The van der Waals surface area contributed by atoms with Crippen molar-refractivity contribution in [2.24, 2.45) is 0 Å². The average Bonchev–Trinajstić information content (AvgIpc) is 2.95. The molecule has 7 nitrogen and oxygen atoms in total. The lowest BCUT2D eigenvalue weighted by Gasteiger charge is -2.23. The van der Waals surface area contributed by atoms with E-state index in [1.807, 2.05) is 6.07 Å². The zero-order valence-corrected chi connectivity index (χ0v) is 12.8. The Morgan fingerprint density at radius 3 is 2.38 bits per heavy atom. The Kier molecular flexibility index (Phi) is 4.04. The van der Waals surface area contributed by atoms with Gasteiger partial charge in [0.15, 0.2) is 11.9 Å². The zero-order chi connectivity index (χ0) is 17.3. The van der Waals surface area contributed by atoms with Gasteiger partial charge in [0.2, 0.25) is 0 Å². The monoisotopic (exact) mass is 329 g/mol. The number of hydrogen-bond acceptors (Lipinski definition) is 5. The molecule has 0 saturated carbocycles. The van der Waals surface area contributed by atoms with Crippen LogP contribution in [0.15, 0.2) is 54.6 Å². The Labute approximate surface area is 137 Å². The molecule has 0 aromatic heterocycles. The molecule has 1 unspecified atom stereocenters. The fourth-order valence-corrected chi connectivity index (χ4v) is 2.81. The van der Waals surface area contributed by atoms with Gasteiger partial charge in [0, 0.05) is 11.6 Å². The summed E-state index contributed by atoms with van der Waals surface area (Å²) in [7, 11) is 0. The van der Waals surface area contributed by atoms with Gasteiger partial charge in [-0.15, -0.1) is 0 Å². The highest BCUT2D eigenvalue weighted by molar-refractivity contribution is 5.74. The van der Waals surface area contributed by atoms with Gasteiger partial charge in [-0.05, 0) is 13.0 Å². The fourth-order valence-electron chi connectivity index (χ4n) is 2.81. The number of carboxylic acid groups (broad SMARTS) is 1. The molecule has 3 rings (SSSR count). The van der Waals surface area contributed by atoms with Gasteiger partial charge in [0.25, 0.3) is 5.69 Å². The molecule has 0 spiro atoms. The molecule has 1 heterocycles. The molecule has 24 heavy (non-hydrogen) atoms. The van der Waals surface area contributed by atoms with Crippen molar-refractivity contribution in [1.82, 2.24) is 0 Å². The second-order valence-electron chi connectivity index (χ2n) is 5.54. The maximum Gasteiger partial charge on any atom is 0.336 e. The summed E-state index contributed by atoms with van der Waals surface area (Å²) in [5.74, 6) is -2.54. The van der Waals surface area contributed by atoms with Crippen LogP contribution < -0.4 is 0 Å². The van der Waals surface area contributed by atoms with E-state index in [4.69, 9.17) is 9.47 Å². The molecule has 1 aliphatic rings. The van der Waals surface area contributed by atoms with Gasteiger partial charge in [-0.3, -0.25) is 10.1 Å². The van der Waals surface area contributed by atoms with Crippen LogP contribution in [0.25, 0.3) is 0 Å². The van der Waals surface area contributed by atoms with E-state index in [9.17, 15) is 20.0 Å². The second-order valence-corrected chi connectivity index (χ2v) is 5.54. The van der Waals surface area contributed by atoms with Gasteiger partial charge in [-0.1, -0.05) is 42.5 Å². The van der Waals surface area contributed by atoms with Gasteiger partial charge >= 0.3 is 5.97 Å². The first kappa shape index (κ1) is 16.1. The molecule has 7 heteroatoms. The van der Waals surface area contributed by atoms with Crippen LogP contribution in [0.3, 0.4) is 0 Å². The molecular weight excluding hydrogens is 314 g/mol. The predicted molar refractivity (Wildman–Crippen MR) is 83.2 cm³/mol. The van der Waals surface area contributed by atoms with Crippen LogP contribution in [0.4, 0.5) is 5.69 Å². The summed E-state index contributed by atoms with van der Waals surface area (Å²) >= 11 is 0. The lowest BCUT2D eigenvalue weighted by molar-refractivity contribution is -0.386. The number of carboxylic acids is 1. The Balaban J connectivity index is 2.05. The van der Waals surface area contributed by atoms with Gasteiger partial charge in [0.1, 0.15) is 6.10 Å². The van der Waals surface area contributed by atoms with Crippen molar-refractivity contribution in [3.05, 3.63) is 75.8 Å². The normalized spacial score (nSPS) is 26.2. The molecule has 0 radical (unpaired) electrons. The van der Waals surface area contributed by atoms with Crippen LogP contribution in [0.5, 0.6) is 0 Å². The van der Waals surface area contributed by atoms with E-state index in [-0.39, 0.29) is 11.3 Å². The summed E-state index contributed by atoms with van der Waals surface area (Å²) in [6.07, 6.45) is -2.44. The van der Waals surface area contributed by atoms with Crippen LogP contribution in [-0.2, 0) is 20.1 Å². The van der Waals surface area contributed by atoms with Crippen molar-refractivity contribution in [3.8, 4) is 0 Å². The third-order valence-electron chi connectivity index (χ3n) is 3.96. The summed E-state index contributed by atoms with van der Waals surface area (Å²) in [6, 6.07) is 14.8. The van der Waals surface area contributed by atoms with E-state index in [2.05, 4.69) is 0 Å². The SMILES string of the molecule is CC1(c2ccccc2)O[C@H](C(=O)O)[C@@H](c2ccccc2[N+](=O)[O-])O1. The summed E-state index contributed by atoms with van der Waals surface area (Å²) in [5.41, 5.74) is 0.613. The summed E-state index contributed by atoms with van der Waals surface area (Å²) < 4.78 is 11.5. The van der Waals surface area contributed by atoms with Crippen molar-refractivity contribution < 1.29 is 24.3 Å². The molecule has 0 bridgehead atoms. The number of ether oxygens (including phenoxy) is 2. The molecule has 3 atom stereocenters. The smallest absolute Gasteiger partial charge is 0.336 e. The first-order valence-electron chi connectivity index (χ1n) is 7.29. The minimum absolute atomic E-state index is 0.176. The van der Waals surface area contributed by atoms with Crippen molar-refractivity contribution in [1.29, 1.82) is 0 Å². The number of carbonyl (C=O) groups is 1. The fraction of sp³-hybridized carbons (Fsp3) is 0.235. The van der Waals surface area contributed by atoms with Crippen molar-refractivity contribution in [3.63, 3.8) is 0 Å². The van der Waals surface area contributed by atoms with Crippen LogP contribution >= 0.6 is 0 Å². The number of nitrogens with zero attached hydrogens (tertiary/aromatic N) is 1. The van der Waals surface area contributed by atoms with E-state index in [1.165, 1.54) is 18.2 Å². The van der Waals surface area contributed by atoms with Crippen molar-refractivity contribution >= 4 is 11.7 Å². The summed E-state index contributed by atoms with van der Waals surface area (Å²) in [4.78, 5) is 22.3. The zero-order valence-electron chi connectivity index (χ0n) is 12.8. The van der Waals surface area contributed by atoms with Gasteiger partial charge in [-0.25, -0.2) is 4.79 Å². The largest absolute Gasteiger partial charge is 0.479 e. The highest BCUT2D eigenvalue weighted by Gasteiger charge is 2.51. The van der Waals surface area contributed by atoms with Gasteiger partial charge in [-0.2, -0.15) is 0 Å². The lowest BCUT2D eigenvalue weighted by Crippen LogP contribution is -2.28. The first-order valence-corrected chi connectivity index (χ1v) is 7.29. The maximum atomic E-state index is 11.6. The lowest BCUT2D eigenvalue weighted by atomic mass is 10.0. The quantitative estimate of drug-likeness (QED) is 0.684. The topological polar surface area (TPSA) is 98.9 Å². The number of aliphatic carboxylic acids is 1. The van der Waals surface area contributed by atoms with Gasteiger partial charge < -0.3 is 14.6 Å². The summed E-state index contributed by atoms with van der Waals surface area (Å²) in [5, 5.41) is 20.7. The standard InChI is InChI=1S/C17H15NO6/c1-17(11-7-3-2-4-8-11)23-14(15(24-17)16(19)20)12-9-5-6-10-13(12)18(21)22/h2-10,14-15H,1H3,(H,19,20)/t14-,15+,17?/m1/s1. The molecule has 124 valence electrons. The number of benzene rings is 2. The molecule has 2 aromatic carbocycles. The highest BCUT2D eigenvalue weighted by Crippen LogP contribution is 2.46. The summed E-state index contributed by atoms with van der Waals surface area (Å²) in [6.45, 7) is 1.60. The van der Waals surface area contributed by atoms with Crippen LogP contribution in [0.2, 0.25) is 0 Å². The number of rotatable bonds is 4. The van der Waals surface area contributed by atoms with Crippen molar-refractivity contribution in [2.75, 3.05) is 0 Å². The number of nitro groups is 1. The third kappa shape index (κ3) is 2.75. The van der Waals surface area contributed by atoms with E-state index in [1.54, 1.807) is 37.3 Å². The molecule has 2 aromatic rings. The Morgan fingerprint density at radius 1 is 1.12 bits per heavy atom. The van der Waals surface area contributed by atoms with E-state index < -0.39 is 28.9 Å². The molecule has 0 amide bonds. The number of para-hydroxylation sites is 1. The van der Waals surface area contributed by atoms with Crippen LogP contribution in [-0.4, -0.2) is 22.1 Å². The van der Waals surface area contributed by atoms with Crippen LogP contribution in [0.1, 0.15) is 24.2 Å². The molecule has 1 saturated heterocycles. The Bertz CT molecular complexity index is 778. The maximum absolute atomic E-state index is 11.6. The van der Waals surface area contributed by atoms with Crippen molar-refractivity contribution in [2.45, 2.75) is 24.9 Å². The minimum Gasteiger partial charge on any atom is -0.479 e. The third-order valence-corrected chi connectivity index (χ3v) is 3.96. The second kappa shape index (κ2) is 6.03. The molecule has 1 fully saturated rings.